The number of alkyl halides is 3. The Balaban J connectivity index is 2.28. The molecular formula is C10H16Cl3NO2. The van der Waals surface area contributed by atoms with E-state index >= 15 is 0 Å². The molecule has 1 amide bonds. The van der Waals surface area contributed by atoms with Gasteiger partial charge in [-0.05, 0) is 18.8 Å². The number of amides is 1. The van der Waals surface area contributed by atoms with Gasteiger partial charge in [0.1, 0.15) is 6.61 Å². The smallest absolute Gasteiger partial charge is 0.409 e. The quantitative estimate of drug-likeness (QED) is 0.726. The average molecular weight is 289 g/mol. The van der Waals surface area contributed by atoms with Crippen molar-refractivity contribution in [1.29, 1.82) is 0 Å². The zero-order chi connectivity index (χ0) is 12.2. The van der Waals surface area contributed by atoms with Crippen molar-refractivity contribution in [3.63, 3.8) is 0 Å². The maximum atomic E-state index is 11.6. The van der Waals surface area contributed by atoms with Gasteiger partial charge < -0.3 is 9.64 Å². The largest absolute Gasteiger partial charge is 0.445 e. The summed E-state index contributed by atoms with van der Waals surface area (Å²) in [5, 5.41) is 0. The molecule has 1 aliphatic heterocycles. The van der Waals surface area contributed by atoms with Gasteiger partial charge >= 0.3 is 6.09 Å². The topological polar surface area (TPSA) is 29.5 Å². The minimum absolute atomic E-state index is 0.204. The first-order chi connectivity index (χ1) is 7.42. The highest BCUT2D eigenvalue weighted by Crippen LogP contribution is 2.26. The summed E-state index contributed by atoms with van der Waals surface area (Å²) in [6.45, 7) is 3.43. The Hall–Kier alpha value is 0.140. The van der Waals surface area contributed by atoms with E-state index in [2.05, 4.69) is 6.92 Å². The number of hydrogen-bond donors (Lipinski definition) is 0. The van der Waals surface area contributed by atoms with Crippen LogP contribution in [-0.4, -0.2) is 34.5 Å². The third-order valence-electron chi connectivity index (χ3n) is 2.81. The molecule has 3 nitrogen and oxygen atoms in total. The van der Waals surface area contributed by atoms with Crippen LogP contribution in [0.2, 0.25) is 0 Å². The molecule has 1 rings (SSSR count). The van der Waals surface area contributed by atoms with Crippen LogP contribution in [0.15, 0.2) is 0 Å². The minimum atomic E-state index is -1.53. The maximum absolute atomic E-state index is 11.6. The highest BCUT2D eigenvalue weighted by atomic mass is 35.6. The van der Waals surface area contributed by atoms with Crippen LogP contribution in [0.1, 0.15) is 26.2 Å². The van der Waals surface area contributed by atoms with Gasteiger partial charge in [-0.25, -0.2) is 4.79 Å². The fourth-order valence-electron chi connectivity index (χ4n) is 1.76. The van der Waals surface area contributed by atoms with E-state index in [1.165, 1.54) is 0 Å². The molecular weight excluding hydrogens is 272 g/mol. The highest BCUT2D eigenvalue weighted by Gasteiger charge is 2.26. The van der Waals surface area contributed by atoms with Crippen molar-refractivity contribution in [3.8, 4) is 0 Å². The zero-order valence-electron chi connectivity index (χ0n) is 9.22. The summed E-state index contributed by atoms with van der Waals surface area (Å²) in [5.74, 6) is 0.720. The summed E-state index contributed by atoms with van der Waals surface area (Å²) in [7, 11) is 0. The molecule has 0 aliphatic carbocycles. The molecule has 6 heteroatoms. The van der Waals surface area contributed by atoms with Crippen molar-refractivity contribution in [3.05, 3.63) is 0 Å². The SMILES string of the molecule is CCC1CCN(C(=O)OCC(Cl)(Cl)Cl)CC1. The second-order valence-corrected chi connectivity index (χ2v) is 6.52. The molecule has 0 spiro atoms. The molecule has 16 heavy (non-hydrogen) atoms. The first-order valence-corrected chi connectivity index (χ1v) is 6.54. The van der Waals surface area contributed by atoms with E-state index in [9.17, 15) is 4.79 Å². The molecule has 1 fully saturated rings. The standard InChI is InChI=1S/C10H16Cl3NO2/c1-2-8-3-5-14(6-4-8)9(15)16-7-10(11,12)13/h8H,2-7H2,1H3. The van der Waals surface area contributed by atoms with Crippen molar-refractivity contribution < 1.29 is 9.53 Å². The van der Waals surface area contributed by atoms with Gasteiger partial charge in [-0.15, -0.1) is 0 Å². The molecule has 0 aromatic rings. The van der Waals surface area contributed by atoms with Crippen LogP contribution in [0.25, 0.3) is 0 Å². The van der Waals surface area contributed by atoms with E-state index in [1.54, 1.807) is 4.90 Å². The fourth-order valence-corrected chi connectivity index (χ4v) is 1.92. The number of piperidine rings is 1. The third kappa shape index (κ3) is 4.98. The molecule has 0 saturated carbocycles. The molecule has 0 aromatic heterocycles. The normalized spacial score (nSPS) is 18.6. The number of carbonyl (C=O) groups is 1. The van der Waals surface area contributed by atoms with Gasteiger partial charge in [-0.2, -0.15) is 0 Å². The predicted octanol–water partition coefficient (Wildman–Crippen LogP) is 3.62. The summed E-state index contributed by atoms with van der Waals surface area (Å²) in [6, 6.07) is 0. The lowest BCUT2D eigenvalue weighted by Crippen LogP contribution is -2.39. The number of likely N-dealkylation sites (tertiary alicyclic amines) is 1. The van der Waals surface area contributed by atoms with Gasteiger partial charge in [0.05, 0.1) is 0 Å². The van der Waals surface area contributed by atoms with Crippen LogP contribution < -0.4 is 0 Å². The lowest BCUT2D eigenvalue weighted by molar-refractivity contribution is 0.0888. The molecule has 1 heterocycles. The van der Waals surface area contributed by atoms with Crippen LogP contribution in [-0.2, 0) is 4.74 Å². The number of carbonyl (C=O) groups excluding carboxylic acids is 1. The van der Waals surface area contributed by atoms with E-state index in [-0.39, 0.29) is 12.7 Å². The number of hydrogen-bond acceptors (Lipinski definition) is 2. The Morgan fingerprint density at radius 2 is 1.94 bits per heavy atom. The van der Waals surface area contributed by atoms with Gasteiger partial charge in [0.25, 0.3) is 0 Å². The van der Waals surface area contributed by atoms with Crippen LogP contribution in [0.5, 0.6) is 0 Å². The number of ether oxygens (including phenoxy) is 1. The van der Waals surface area contributed by atoms with Gasteiger partial charge in [0.15, 0.2) is 0 Å². The minimum Gasteiger partial charge on any atom is -0.445 e. The lowest BCUT2D eigenvalue weighted by atomic mass is 9.95. The molecule has 0 radical (unpaired) electrons. The van der Waals surface area contributed by atoms with Crippen molar-refractivity contribution >= 4 is 40.9 Å². The molecule has 1 aliphatic rings. The first-order valence-electron chi connectivity index (χ1n) is 5.41. The monoisotopic (exact) mass is 287 g/mol. The van der Waals surface area contributed by atoms with Crippen molar-refractivity contribution in [2.24, 2.45) is 5.92 Å². The number of nitrogens with zero attached hydrogens (tertiary/aromatic N) is 1. The second kappa shape index (κ2) is 6.18. The van der Waals surface area contributed by atoms with E-state index in [4.69, 9.17) is 39.5 Å². The average Bonchev–Trinajstić information content (AvgIpc) is 2.25. The van der Waals surface area contributed by atoms with Crippen molar-refractivity contribution in [2.45, 2.75) is 30.0 Å². The summed E-state index contributed by atoms with van der Waals surface area (Å²) in [4.78, 5) is 13.2. The second-order valence-electron chi connectivity index (χ2n) is 4.01. The molecule has 0 aromatic carbocycles. The number of halogens is 3. The van der Waals surface area contributed by atoms with Gasteiger partial charge in [0.2, 0.25) is 3.79 Å². The Morgan fingerprint density at radius 3 is 2.38 bits per heavy atom. The van der Waals surface area contributed by atoms with Crippen molar-refractivity contribution in [2.75, 3.05) is 19.7 Å². The lowest BCUT2D eigenvalue weighted by Gasteiger charge is -2.31. The molecule has 94 valence electrons. The molecule has 1 saturated heterocycles. The summed E-state index contributed by atoms with van der Waals surface area (Å²) in [6.07, 6.45) is 2.83. The molecule has 0 bridgehead atoms. The van der Waals surface area contributed by atoms with Crippen molar-refractivity contribution in [1.82, 2.24) is 4.90 Å². The van der Waals surface area contributed by atoms with E-state index < -0.39 is 3.79 Å². The molecule has 0 atom stereocenters. The molecule has 0 unspecified atom stereocenters. The molecule has 0 N–H and O–H groups in total. The summed E-state index contributed by atoms with van der Waals surface area (Å²) < 4.78 is 3.38. The van der Waals surface area contributed by atoms with Crippen LogP contribution in [0.3, 0.4) is 0 Å². The highest BCUT2D eigenvalue weighted by molar-refractivity contribution is 6.67. The maximum Gasteiger partial charge on any atom is 0.409 e. The summed E-state index contributed by atoms with van der Waals surface area (Å²) in [5.41, 5.74) is 0. The Kier molecular flexibility index (Phi) is 5.48. The van der Waals surface area contributed by atoms with Crippen LogP contribution in [0.4, 0.5) is 4.79 Å². The van der Waals surface area contributed by atoms with Gasteiger partial charge in [0, 0.05) is 13.1 Å². The Labute approximate surface area is 111 Å². The van der Waals surface area contributed by atoms with E-state index in [0.29, 0.717) is 0 Å². The van der Waals surface area contributed by atoms with E-state index in [1.807, 2.05) is 0 Å². The van der Waals surface area contributed by atoms with Gasteiger partial charge in [-0.1, -0.05) is 48.1 Å². The van der Waals surface area contributed by atoms with Gasteiger partial charge in [-0.3, -0.25) is 0 Å². The number of rotatable bonds is 2. The fraction of sp³-hybridized carbons (Fsp3) is 0.900. The first kappa shape index (κ1) is 14.2. The predicted molar refractivity (Wildman–Crippen MR) is 66.2 cm³/mol. The van der Waals surface area contributed by atoms with E-state index in [0.717, 1.165) is 38.3 Å². The Morgan fingerprint density at radius 1 is 1.38 bits per heavy atom. The Bertz CT molecular complexity index is 235. The summed E-state index contributed by atoms with van der Waals surface area (Å²) >= 11 is 16.5. The zero-order valence-corrected chi connectivity index (χ0v) is 11.5. The van der Waals surface area contributed by atoms with Crippen LogP contribution >= 0.6 is 34.8 Å². The van der Waals surface area contributed by atoms with Crippen LogP contribution in [0, 0.1) is 5.92 Å². The third-order valence-corrected chi connectivity index (χ3v) is 3.14.